The zero-order chi connectivity index (χ0) is 19.4. The number of benzene rings is 2. The molecule has 0 spiro atoms. The van der Waals surface area contributed by atoms with Crippen molar-refractivity contribution >= 4 is 16.7 Å². The Labute approximate surface area is 161 Å². The highest BCUT2D eigenvalue weighted by molar-refractivity contribution is 7.84. The Bertz CT molecular complexity index is 941. The SMILES string of the molecule is CCOc1ccc(-c2nc(N(C)C)nnc2-c2ccc(S(C)=O)cc2)cc1. The van der Waals surface area contributed by atoms with Crippen molar-refractivity contribution in [2.45, 2.75) is 11.8 Å². The van der Waals surface area contributed by atoms with Gasteiger partial charge in [-0.15, -0.1) is 10.2 Å². The maximum Gasteiger partial charge on any atom is 0.245 e. The van der Waals surface area contributed by atoms with Gasteiger partial charge in [0.1, 0.15) is 17.1 Å². The molecule has 0 aliphatic rings. The van der Waals surface area contributed by atoms with Crippen molar-refractivity contribution in [3.05, 3.63) is 48.5 Å². The minimum Gasteiger partial charge on any atom is -0.494 e. The first kappa shape index (κ1) is 19.0. The lowest BCUT2D eigenvalue weighted by Gasteiger charge is -2.14. The lowest BCUT2D eigenvalue weighted by atomic mass is 10.0. The van der Waals surface area contributed by atoms with Crippen LogP contribution < -0.4 is 9.64 Å². The summed E-state index contributed by atoms with van der Waals surface area (Å²) in [5, 5.41) is 8.64. The standard InChI is InChI=1S/C20H22N4O2S/c1-5-26-16-10-6-14(7-11-16)18-19(22-23-20(21-18)24(2)3)15-8-12-17(13-9-15)27(4)25/h6-13H,5H2,1-4H3. The van der Waals surface area contributed by atoms with Gasteiger partial charge in [0.05, 0.1) is 6.61 Å². The highest BCUT2D eigenvalue weighted by atomic mass is 32.2. The number of rotatable bonds is 6. The van der Waals surface area contributed by atoms with Gasteiger partial charge in [0.25, 0.3) is 0 Å². The maximum absolute atomic E-state index is 11.6. The summed E-state index contributed by atoms with van der Waals surface area (Å²) in [7, 11) is 2.74. The molecule has 6 nitrogen and oxygen atoms in total. The van der Waals surface area contributed by atoms with E-state index in [0.29, 0.717) is 18.2 Å². The number of hydrogen-bond acceptors (Lipinski definition) is 6. The molecule has 0 amide bonds. The molecule has 0 fully saturated rings. The van der Waals surface area contributed by atoms with Crippen LogP contribution in [0.1, 0.15) is 6.92 Å². The van der Waals surface area contributed by atoms with E-state index in [0.717, 1.165) is 27.5 Å². The third-order valence-corrected chi connectivity index (χ3v) is 4.91. The average molecular weight is 382 g/mol. The van der Waals surface area contributed by atoms with E-state index >= 15 is 0 Å². The molecule has 140 valence electrons. The highest BCUT2D eigenvalue weighted by Gasteiger charge is 2.15. The first-order chi connectivity index (χ1) is 13.0. The maximum atomic E-state index is 11.6. The van der Waals surface area contributed by atoms with E-state index in [1.54, 1.807) is 6.26 Å². The predicted octanol–water partition coefficient (Wildman–Crippen LogP) is 3.41. The molecule has 7 heteroatoms. The fraction of sp³-hybridized carbons (Fsp3) is 0.250. The second-order valence-corrected chi connectivity index (χ2v) is 7.52. The Morgan fingerprint density at radius 2 is 1.52 bits per heavy atom. The summed E-state index contributed by atoms with van der Waals surface area (Å²) in [5.74, 6) is 1.35. The second kappa shape index (κ2) is 8.26. The summed E-state index contributed by atoms with van der Waals surface area (Å²) in [5.41, 5.74) is 3.22. The van der Waals surface area contributed by atoms with E-state index in [1.165, 1.54) is 0 Å². The Morgan fingerprint density at radius 1 is 0.926 bits per heavy atom. The van der Waals surface area contributed by atoms with Crippen LogP contribution in [0.2, 0.25) is 0 Å². The third kappa shape index (κ3) is 4.31. The molecule has 1 aromatic heterocycles. The van der Waals surface area contributed by atoms with Crippen molar-refractivity contribution in [3.63, 3.8) is 0 Å². The molecule has 1 heterocycles. The number of aromatic nitrogens is 3. The molecule has 3 rings (SSSR count). The van der Waals surface area contributed by atoms with Crippen LogP contribution in [0.25, 0.3) is 22.5 Å². The molecule has 1 atom stereocenters. The van der Waals surface area contributed by atoms with Crippen molar-refractivity contribution in [2.24, 2.45) is 0 Å². The molecule has 2 aromatic carbocycles. The summed E-state index contributed by atoms with van der Waals surface area (Å²) >= 11 is 0. The molecule has 0 aliphatic carbocycles. The first-order valence-corrected chi connectivity index (χ1v) is 10.1. The molecule has 0 saturated heterocycles. The van der Waals surface area contributed by atoms with Crippen LogP contribution >= 0.6 is 0 Å². The largest absolute Gasteiger partial charge is 0.494 e. The van der Waals surface area contributed by atoms with Gasteiger partial charge < -0.3 is 9.64 Å². The molecule has 0 saturated carbocycles. The predicted molar refractivity (Wildman–Crippen MR) is 109 cm³/mol. The van der Waals surface area contributed by atoms with E-state index in [4.69, 9.17) is 9.72 Å². The summed E-state index contributed by atoms with van der Waals surface area (Å²) in [6.45, 7) is 2.58. The van der Waals surface area contributed by atoms with Crippen LogP contribution in [0, 0.1) is 0 Å². The lowest BCUT2D eigenvalue weighted by Crippen LogP contribution is -2.14. The van der Waals surface area contributed by atoms with E-state index in [-0.39, 0.29) is 0 Å². The van der Waals surface area contributed by atoms with Gasteiger partial charge in [0, 0.05) is 47.2 Å². The van der Waals surface area contributed by atoms with Crippen LogP contribution in [0.5, 0.6) is 5.75 Å². The molecule has 0 aliphatic heterocycles. The quantitative estimate of drug-likeness (QED) is 0.651. The fourth-order valence-electron chi connectivity index (χ4n) is 2.58. The molecule has 1 unspecified atom stereocenters. The molecular weight excluding hydrogens is 360 g/mol. The normalized spacial score (nSPS) is 11.9. The highest BCUT2D eigenvalue weighted by Crippen LogP contribution is 2.31. The van der Waals surface area contributed by atoms with E-state index in [2.05, 4.69) is 10.2 Å². The Hall–Kier alpha value is -2.80. The fourth-order valence-corrected chi connectivity index (χ4v) is 3.10. The van der Waals surface area contributed by atoms with Crippen molar-refractivity contribution in [2.75, 3.05) is 31.9 Å². The van der Waals surface area contributed by atoms with Gasteiger partial charge in [0.2, 0.25) is 5.95 Å². The van der Waals surface area contributed by atoms with E-state index in [9.17, 15) is 4.21 Å². The summed E-state index contributed by atoms with van der Waals surface area (Å²) in [4.78, 5) is 7.29. The lowest BCUT2D eigenvalue weighted by molar-refractivity contribution is 0.340. The third-order valence-electron chi connectivity index (χ3n) is 3.97. The molecule has 0 bridgehead atoms. The Balaban J connectivity index is 2.09. The van der Waals surface area contributed by atoms with Crippen molar-refractivity contribution in [1.29, 1.82) is 0 Å². The van der Waals surface area contributed by atoms with Crippen LogP contribution in [-0.4, -0.2) is 46.3 Å². The van der Waals surface area contributed by atoms with Crippen LogP contribution in [0.15, 0.2) is 53.4 Å². The summed E-state index contributed by atoms with van der Waals surface area (Å²) in [6.07, 6.45) is 1.66. The minimum absolute atomic E-state index is 0.536. The van der Waals surface area contributed by atoms with Gasteiger partial charge in [-0.1, -0.05) is 12.1 Å². The van der Waals surface area contributed by atoms with Crippen molar-refractivity contribution in [3.8, 4) is 28.3 Å². The van der Waals surface area contributed by atoms with Crippen LogP contribution in [0.3, 0.4) is 0 Å². The van der Waals surface area contributed by atoms with Gasteiger partial charge in [-0.3, -0.25) is 4.21 Å². The number of ether oxygens (including phenoxy) is 1. The van der Waals surface area contributed by atoms with Gasteiger partial charge in [0.15, 0.2) is 0 Å². The molecule has 3 aromatic rings. The summed E-state index contributed by atoms with van der Waals surface area (Å²) in [6, 6.07) is 15.3. The van der Waals surface area contributed by atoms with Crippen molar-refractivity contribution < 1.29 is 8.95 Å². The van der Waals surface area contributed by atoms with Gasteiger partial charge >= 0.3 is 0 Å². The Morgan fingerprint density at radius 3 is 2.07 bits per heavy atom. The topological polar surface area (TPSA) is 68.2 Å². The van der Waals surface area contributed by atoms with Gasteiger partial charge in [-0.25, -0.2) is 4.98 Å². The van der Waals surface area contributed by atoms with Crippen molar-refractivity contribution in [1.82, 2.24) is 15.2 Å². The summed E-state index contributed by atoms with van der Waals surface area (Å²) < 4.78 is 17.2. The zero-order valence-corrected chi connectivity index (χ0v) is 16.7. The number of anilines is 1. The van der Waals surface area contributed by atoms with Crippen LogP contribution in [0.4, 0.5) is 5.95 Å². The smallest absolute Gasteiger partial charge is 0.245 e. The molecule has 27 heavy (non-hydrogen) atoms. The molecule has 0 N–H and O–H groups in total. The zero-order valence-electron chi connectivity index (χ0n) is 15.8. The van der Waals surface area contributed by atoms with E-state index < -0.39 is 10.8 Å². The average Bonchev–Trinajstić information content (AvgIpc) is 2.68. The van der Waals surface area contributed by atoms with Gasteiger partial charge in [-0.05, 0) is 43.3 Å². The molecular formula is C20H22N4O2S. The minimum atomic E-state index is -1.02. The monoisotopic (exact) mass is 382 g/mol. The molecule has 0 radical (unpaired) electrons. The second-order valence-electron chi connectivity index (χ2n) is 6.14. The van der Waals surface area contributed by atoms with Crippen LogP contribution in [-0.2, 0) is 10.8 Å². The van der Waals surface area contributed by atoms with Gasteiger partial charge in [-0.2, -0.15) is 0 Å². The number of hydrogen-bond donors (Lipinski definition) is 0. The number of nitrogens with zero attached hydrogens (tertiary/aromatic N) is 4. The first-order valence-electron chi connectivity index (χ1n) is 8.58. The Kier molecular flexibility index (Phi) is 5.81. The van der Waals surface area contributed by atoms with E-state index in [1.807, 2.05) is 74.4 Å².